The minimum atomic E-state index is -3.35. The van der Waals surface area contributed by atoms with Crippen molar-refractivity contribution in [2.75, 3.05) is 19.7 Å². The SMILES string of the molecule is CCCCOc1ccc(C(=O)N2CCC(S(=O)(=O)c3ccccc3)CC2)cc1. The van der Waals surface area contributed by atoms with Crippen LogP contribution in [0, 0.1) is 0 Å². The van der Waals surface area contributed by atoms with E-state index in [1.165, 1.54) is 0 Å². The molecule has 1 saturated heterocycles. The van der Waals surface area contributed by atoms with E-state index < -0.39 is 15.1 Å². The minimum absolute atomic E-state index is 0.0596. The van der Waals surface area contributed by atoms with Crippen LogP contribution in [-0.2, 0) is 9.84 Å². The van der Waals surface area contributed by atoms with Crippen LogP contribution < -0.4 is 4.74 Å². The third-order valence-corrected chi connectivity index (χ3v) is 7.39. The van der Waals surface area contributed by atoms with E-state index in [0.29, 0.717) is 43.0 Å². The van der Waals surface area contributed by atoms with Gasteiger partial charge in [0.25, 0.3) is 5.91 Å². The van der Waals surface area contributed by atoms with E-state index in [1.807, 2.05) is 12.1 Å². The van der Waals surface area contributed by atoms with Gasteiger partial charge in [0.15, 0.2) is 9.84 Å². The highest BCUT2D eigenvalue weighted by atomic mass is 32.2. The standard InChI is InChI=1S/C22H27NO4S/c1-2-3-17-27-19-11-9-18(10-12-19)22(24)23-15-13-21(14-16-23)28(25,26)20-7-5-4-6-8-20/h4-12,21H,2-3,13-17H2,1H3. The highest BCUT2D eigenvalue weighted by molar-refractivity contribution is 7.92. The molecule has 150 valence electrons. The normalized spacial score (nSPS) is 15.4. The zero-order chi connectivity index (χ0) is 20.0. The van der Waals surface area contributed by atoms with Gasteiger partial charge in [-0.05, 0) is 55.7 Å². The van der Waals surface area contributed by atoms with Gasteiger partial charge in [0, 0.05) is 18.7 Å². The van der Waals surface area contributed by atoms with E-state index in [4.69, 9.17) is 4.74 Å². The Morgan fingerprint density at radius 3 is 2.29 bits per heavy atom. The van der Waals surface area contributed by atoms with Gasteiger partial charge in [-0.3, -0.25) is 4.79 Å². The number of amides is 1. The molecule has 1 aliphatic heterocycles. The van der Waals surface area contributed by atoms with Crippen LogP contribution >= 0.6 is 0 Å². The van der Waals surface area contributed by atoms with Gasteiger partial charge in [-0.1, -0.05) is 31.5 Å². The number of carbonyl (C=O) groups excluding carboxylic acids is 1. The second kappa shape index (κ2) is 9.24. The summed E-state index contributed by atoms with van der Waals surface area (Å²) in [5.41, 5.74) is 0.604. The Morgan fingerprint density at radius 2 is 1.68 bits per heavy atom. The van der Waals surface area contributed by atoms with Gasteiger partial charge >= 0.3 is 0 Å². The van der Waals surface area contributed by atoms with Crippen molar-refractivity contribution in [1.29, 1.82) is 0 Å². The molecule has 0 spiro atoms. The molecule has 1 heterocycles. The summed E-state index contributed by atoms with van der Waals surface area (Å²) in [4.78, 5) is 14.8. The van der Waals surface area contributed by atoms with Gasteiger partial charge in [0.05, 0.1) is 16.8 Å². The van der Waals surface area contributed by atoms with Gasteiger partial charge in [0.2, 0.25) is 0 Å². The number of rotatable bonds is 7. The second-order valence-electron chi connectivity index (χ2n) is 7.08. The molecule has 0 saturated carbocycles. The van der Waals surface area contributed by atoms with Crippen LogP contribution in [0.3, 0.4) is 0 Å². The third-order valence-electron chi connectivity index (χ3n) is 5.11. The summed E-state index contributed by atoms with van der Waals surface area (Å²) >= 11 is 0. The number of sulfone groups is 1. The van der Waals surface area contributed by atoms with Crippen LogP contribution in [0.5, 0.6) is 5.75 Å². The first-order valence-electron chi connectivity index (χ1n) is 9.83. The van der Waals surface area contributed by atoms with Crippen molar-refractivity contribution in [2.45, 2.75) is 42.8 Å². The lowest BCUT2D eigenvalue weighted by atomic mass is 10.1. The molecule has 0 bridgehead atoms. The molecule has 1 fully saturated rings. The fourth-order valence-electron chi connectivity index (χ4n) is 3.38. The summed E-state index contributed by atoms with van der Waals surface area (Å²) in [6.07, 6.45) is 3.00. The van der Waals surface area contributed by atoms with E-state index >= 15 is 0 Å². The predicted octanol–water partition coefficient (Wildman–Crippen LogP) is 3.94. The minimum Gasteiger partial charge on any atom is -0.494 e. The van der Waals surface area contributed by atoms with E-state index in [-0.39, 0.29) is 5.91 Å². The van der Waals surface area contributed by atoms with Crippen LogP contribution in [0.15, 0.2) is 59.5 Å². The van der Waals surface area contributed by atoms with Crippen LogP contribution in [-0.4, -0.2) is 44.2 Å². The van der Waals surface area contributed by atoms with E-state index in [0.717, 1.165) is 18.6 Å². The summed E-state index contributed by atoms with van der Waals surface area (Å²) in [6, 6.07) is 15.7. The molecule has 3 rings (SSSR count). The first-order chi connectivity index (χ1) is 13.5. The predicted molar refractivity (Wildman–Crippen MR) is 109 cm³/mol. The Labute approximate surface area is 167 Å². The van der Waals surface area contributed by atoms with E-state index in [2.05, 4.69) is 6.92 Å². The number of carbonyl (C=O) groups is 1. The molecular weight excluding hydrogens is 374 g/mol. The zero-order valence-electron chi connectivity index (χ0n) is 16.2. The number of likely N-dealkylation sites (tertiary alicyclic amines) is 1. The Hall–Kier alpha value is -2.34. The molecule has 6 heteroatoms. The molecule has 0 atom stereocenters. The molecule has 1 amide bonds. The molecular formula is C22H27NO4S. The average molecular weight is 402 g/mol. The van der Waals surface area contributed by atoms with Crippen molar-refractivity contribution >= 4 is 15.7 Å². The first kappa shape index (κ1) is 20.4. The van der Waals surface area contributed by atoms with E-state index in [1.54, 1.807) is 47.4 Å². The second-order valence-corrected chi connectivity index (χ2v) is 9.30. The number of benzene rings is 2. The lowest BCUT2D eigenvalue weighted by Gasteiger charge is -2.31. The van der Waals surface area contributed by atoms with Crippen LogP contribution in [0.4, 0.5) is 0 Å². The number of hydrogen-bond acceptors (Lipinski definition) is 4. The molecule has 0 aliphatic carbocycles. The summed E-state index contributed by atoms with van der Waals surface area (Å²) < 4.78 is 31.2. The van der Waals surface area contributed by atoms with Gasteiger partial charge in [-0.2, -0.15) is 0 Å². The van der Waals surface area contributed by atoms with Crippen molar-refractivity contribution < 1.29 is 17.9 Å². The lowest BCUT2D eigenvalue weighted by Crippen LogP contribution is -2.42. The Balaban J connectivity index is 1.58. The monoisotopic (exact) mass is 401 g/mol. The number of ether oxygens (including phenoxy) is 1. The maximum atomic E-state index is 12.8. The highest BCUT2D eigenvalue weighted by Gasteiger charge is 2.32. The topological polar surface area (TPSA) is 63.7 Å². The summed E-state index contributed by atoms with van der Waals surface area (Å²) in [6.45, 7) is 3.68. The van der Waals surface area contributed by atoms with Gasteiger partial charge in [0.1, 0.15) is 5.75 Å². The summed E-state index contributed by atoms with van der Waals surface area (Å²) in [7, 11) is -3.35. The molecule has 2 aromatic carbocycles. The number of hydrogen-bond donors (Lipinski definition) is 0. The average Bonchev–Trinajstić information content (AvgIpc) is 2.75. The molecule has 1 aliphatic rings. The largest absolute Gasteiger partial charge is 0.494 e. The van der Waals surface area contributed by atoms with Gasteiger partial charge < -0.3 is 9.64 Å². The summed E-state index contributed by atoms with van der Waals surface area (Å²) in [5, 5.41) is -0.437. The first-order valence-corrected chi connectivity index (χ1v) is 11.4. The number of piperidine rings is 1. The zero-order valence-corrected chi connectivity index (χ0v) is 17.0. The van der Waals surface area contributed by atoms with Crippen molar-refractivity contribution in [2.24, 2.45) is 0 Å². The van der Waals surface area contributed by atoms with Crippen molar-refractivity contribution in [3.63, 3.8) is 0 Å². The van der Waals surface area contributed by atoms with Gasteiger partial charge in [-0.25, -0.2) is 8.42 Å². The smallest absolute Gasteiger partial charge is 0.253 e. The van der Waals surface area contributed by atoms with Crippen LogP contribution in [0.25, 0.3) is 0 Å². The van der Waals surface area contributed by atoms with Crippen LogP contribution in [0.2, 0.25) is 0 Å². The molecule has 0 aromatic heterocycles. The van der Waals surface area contributed by atoms with Crippen LogP contribution in [0.1, 0.15) is 43.0 Å². The third kappa shape index (κ3) is 4.73. The molecule has 0 radical (unpaired) electrons. The number of nitrogens with zero attached hydrogens (tertiary/aromatic N) is 1. The Bertz CT molecular complexity index is 871. The van der Waals surface area contributed by atoms with E-state index in [9.17, 15) is 13.2 Å². The molecule has 0 N–H and O–H groups in total. The van der Waals surface area contributed by atoms with Crippen molar-refractivity contribution in [3.8, 4) is 5.75 Å². The molecule has 28 heavy (non-hydrogen) atoms. The Morgan fingerprint density at radius 1 is 1.04 bits per heavy atom. The maximum absolute atomic E-state index is 12.8. The van der Waals surface area contributed by atoms with Crippen molar-refractivity contribution in [1.82, 2.24) is 4.90 Å². The highest BCUT2D eigenvalue weighted by Crippen LogP contribution is 2.25. The molecule has 2 aromatic rings. The maximum Gasteiger partial charge on any atom is 0.253 e. The van der Waals surface area contributed by atoms with Gasteiger partial charge in [-0.15, -0.1) is 0 Å². The number of unbranched alkanes of at least 4 members (excludes halogenated alkanes) is 1. The fraction of sp³-hybridized carbons (Fsp3) is 0.409. The lowest BCUT2D eigenvalue weighted by molar-refractivity contribution is 0.0725. The molecule has 5 nitrogen and oxygen atoms in total. The fourth-order valence-corrected chi connectivity index (χ4v) is 5.14. The molecule has 0 unspecified atom stereocenters. The van der Waals surface area contributed by atoms with Crippen molar-refractivity contribution in [3.05, 3.63) is 60.2 Å². The Kier molecular flexibility index (Phi) is 6.73. The summed E-state index contributed by atoms with van der Waals surface area (Å²) in [5.74, 6) is 0.702. The quantitative estimate of drug-likeness (QED) is 0.659.